The van der Waals surface area contributed by atoms with Crippen molar-refractivity contribution in [3.8, 4) is 0 Å². The maximum atomic E-state index is 13.8. The predicted molar refractivity (Wildman–Crippen MR) is 81.0 cm³/mol. The van der Waals surface area contributed by atoms with Gasteiger partial charge < -0.3 is 5.73 Å². The maximum Gasteiger partial charge on any atom is 0.129 e. The topological polar surface area (TPSA) is 29.3 Å². The summed E-state index contributed by atoms with van der Waals surface area (Å²) in [6, 6.07) is 14.8. The van der Waals surface area contributed by atoms with E-state index >= 15 is 0 Å². The summed E-state index contributed by atoms with van der Waals surface area (Å²) in [6.45, 7) is 2.40. The first-order valence-corrected chi connectivity index (χ1v) is 6.97. The summed E-state index contributed by atoms with van der Waals surface area (Å²) in [4.78, 5) is 2.10. The van der Waals surface area contributed by atoms with Crippen LogP contribution in [0.2, 0.25) is 5.02 Å². The highest BCUT2D eigenvalue weighted by Gasteiger charge is 2.12. The quantitative estimate of drug-likeness (QED) is 0.884. The van der Waals surface area contributed by atoms with Crippen molar-refractivity contribution < 1.29 is 4.39 Å². The maximum absolute atomic E-state index is 13.8. The first-order valence-electron chi connectivity index (χ1n) is 6.60. The third-order valence-corrected chi connectivity index (χ3v) is 3.49. The van der Waals surface area contributed by atoms with Crippen molar-refractivity contribution >= 4 is 11.6 Å². The second-order valence-corrected chi connectivity index (χ2v) is 5.09. The molecule has 106 valence electrons. The van der Waals surface area contributed by atoms with Crippen LogP contribution in [0.25, 0.3) is 0 Å². The Morgan fingerprint density at radius 3 is 2.40 bits per heavy atom. The van der Waals surface area contributed by atoms with E-state index in [1.54, 1.807) is 12.1 Å². The average molecular weight is 293 g/mol. The zero-order valence-electron chi connectivity index (χ0n) is 11.2. The number of nitrogens with two attached hydrogens (primary N) is 1. The van der Waals surface area contributed by atoms with Crippen molar-refractivity contribution in [3.63, 3.8) is 0 Å². The minimum Gasteiger partial charge on any atom is -0.329 e. The predicted octanol–water partition coefficient (Wildman–Crippen LogP) is 3.44. The van der Waals surface area contributed by atoms with Gasteiger partial charge in [-0.1, -0.05) is 48.0 Å². The van der Waals surface area contributed by atoms with E-state index < -0.39 is 0 Å². The Kier molecular flexibility index (Phi) is 5.53. The molecule has 0 saturated heterocycles. The minimum absolute atomic E-state index is 0.271. The summed E-state index contributed by atoms with van der Waals surface area (Å²) in [5.74, 6) is -0.271. The summed E-state index contributed by atoms with van der Waals surface area (Å²) in [6.07, 6.45) is 0. The van der Waals surface area contributed by atoms with E-state index in [1.165, 1.54) is 11.6 Å². The van der Waals surface area contributed by atoms with Gasteiger partial charge >= 0.3 is 0 Å². The lowest BCUT2D eigenvalue weighted by Crippen LogP contribution is -2.29. The third-order valence-electron chi connectivity index (χ3n) is 3.14. The lowest BCUT2D eigenvalue weighted by molar-refractivity contribution is 0.260. The monoisotopic (exact) mass is 292 g/mol. The number of benzene rings is 2. The molecule has 0 heterocycles. The lowest BCUT2D eigenvalue weighted by Gasteiger charge is -2.22. The minimum atomic E-state index is -0.271. The van der Waals surface area contributed by atoms with Gasteiger partial charge in [-0.15, -0.1) is 0 Å². The second kappa shape index (κ2) is 7.39. The Labute approximate surface area is 124 Å². The Morgan fingerprint density at radius 2 is 1.75 bits per heavy atom. The van der Waals surface area contributed by atoms with Crippen LogP contribution in [0.5, 0.6) is 0 Å². The molecule has 0 aliphatic carbocycles. The van der Waals surface area contributed by atoms with Gasteiger partial charge in [0, 0.05) is 36.8 Å². The molecule has 20 heavy (non-hydrogen) atoms. The molecule has 0 amide bonds. The van der Waals surface area contributed by atoms with Crippen LogP contribution >= 0.6 is 11.6 Å². The molecule has 0 unspecified atom stereocenters. The molecule has 4 heteroatoms. The van der Waals surface area contributed by atoms with Crippen LogP contribution in [0, 0.1) is 5.82 Å². The highest BCUT2D eigenvalue weighted by atomic mass is 35.5. The standard InChI is InChI=1S/C16H18ClFN2/c17-15-7-4-8-16(18)14(15)12-20(10-9-19)11-13-5-2-1-3-6-13/h1-8H,9-12,19H2. The normalized spacial score (nSPS) is 11.0. The molecule has 0 aromatic heterocycles. The first-order chi connectivity index (χ1) is 9.70. The van der Waals surface area contributed by atoms with Crippen LogP contribution < -0.4 is 5.73 Å². The molecule has 2 aromatic rings. The van der Waals surface area contributed by atoms with Gasteiger partial charge in [0.1, 0.15) is 5.82 Å². The van der Waals surface area contributed by atoms with Crippen LogP contribution in [0.3, 0.4) is 0 Å². The molecular weight excluding hydrogens is 275 g/mol. The van der Waals surface area contributed by atoms with E-state index in [0.29, 0.717) is 30.2 Å². The number of hydrogen-bond donors (Lipinski definition) is 1. The van der Waals surface area contributed by atoms with Gasteiger partial charge in [0.2, 0.25) is 0 Å². The van der Waals surface area contributed by atoms with E-state index in [1.807, 2.05) is 30.3 Å². The van der Waals surface area contributed by atoms with E-state index in [4.69, 9.17) is 17.3 Å². The van der Waals surface area contributed by atoms with Gasteiger partial charge in [-0.3, -0.25) is 4.90 Å². The molecular formula is C16H18ClFN2. The van der Waals surface area contributed by atoms with Gasteiger partial charge in [0.25, 0.3) is 0 Å². The van der Waals surface area contributed by atoms with Crippen molar-refractivity contribution in [2.75, 3.05) is 13.1 Å². The first kappa shape index (κ1) is 15.0. The van der Waals surface area contributed by atoms with E-state index in [2.05, 4.69) is 4.90 Å². The molecule has 2 nitrogen and oxygen atoms in total. The van der Waals surface area contributed by atoms with Gasteiger partial charge in [0.05, 0.1) is 0 Å². The fourth-order valence-electron chi connectivity index (χ4n) is 2.15. The molecule has 0 saturated carbocycles. The summed E-state index contributed by atoms with van der Waals surface area (Å²) < 4.78 is 13.8. The highest BCUT2D eigenvalue weighted by Crippen LogP contribution is 2.21. The summed E-state index contributed by atoms with van der Waals surface area (Å²) >= 11 is 6.08. The van der Waals surface area contributed by atoms with Gasteiger partial charge in [-0.25, -0.2) is 4.39 Å². The van der Waals surface area contributed by atoms with Gasteiger partial charge in [-0.05, 0) is 17.7 Å². The number of halogens is 2. The molecule has 0 atom stereocenters. The van der Waals surface area contributed by atoms with Crippen LogP contribution in [0.4, 0.5) is 4.39 Å². The van der Waals surface area contributed by atoms with Gasteiger partial charge in [0.15, 0.2) is 0 Å². The molecule has 0 bridgehead atoms. The molecule has 0 aliphatic rings. The van der Waals surface area contributed by atoms with Crippen LogP contribution in [-0.2, 0) is 13.1 Å². The zero-order chi connectivity index (χ0) is 14.4. The van der Waals surface area contributed by atoms with Crippen molar-refractivity contribution in [2.24, 2.45) is 5.73 Å². The summed E-state index contributed by atoms with van der Waals surface area (Å²) in [7, 11) is 0. The second-order valence-electron chi connectivity index (χ2n) is 4.69. The Balaban J connectivity index is 2.13. The number of hydrogen-bond acceptors (Lipinski definition) is 2. The van der Waals surface area contributed by atoms with Crippen molar-refractivity contribution in [1.29, 1.82) is 0 Å². The fourth-order valence-corrected chi connectivity index (χ4v) is 2.37. The Bertz CT molecular complexity index is 525. The highest BCUT2D eigenvalue weighted by molar-refractivity contribution is 6.31. The van der Waals surface area contributed by atoms with Gasteiger partial charge in [-0.2, -0.15) is 0 Å². The fraction of sp³-hybridized carbons (Fsp3) is 0.250. The van der Waals surface area contributed by atoms with Crippen molar-refractivity contribution in [1.82, 2.24) is 4.90 Å². The molecule has 0 spiro atoms. The zero-order valence-corrected chi connectivity index (χ0v) is 12.0. The molecule has 0 fully saturated rings. The molecule has 2 aromatic carbocycles. The smallest absolute Gasteiger partial charge is 0.129 e. The van der Waals surface area contributed by atoms with Crippen molar-refractivity contribution in [3.05, 3.63) is 70.5 Å². The van der Waals surface area contributed by atoms with Crippen LogP contribution in [-0.4, -0.2) is 18.0 Å². The SMILES string of the molecule is NCCN(Cc1ccccc1)Cc1c(F)cccc1Cl. The largest absolute Gasteiger partial charge is 0.329 e. The summed E-state index contributed by atoms with van der Waals surface area (Å²) in [5.41, 5.74) is 7.35. The Morgan fingerprint density at radius 1 is 1.00 bits per heavy atom. The van der Waals surface area contributed by atoms with E-state index in [-0.39, 0.29) is 5.82 Å². The lowest BCUT2D eigenvalue weighted by atomic mass is 10.1. The van der Waals surface area contributed by atoms with E-state index in [0.717, 1.165) is 6.54 Å². The molecule has 2 N–H and O–H groups in total. The van der Waals surface area contributed by atoms with Crippen LogP contribution in [0.1, 0.15) is 11.1 Å². The van der Waals surface area contributed by atoms with E-state index in [9.17, 15) is 4.39 Å². The number of rotatable bonds is 6. The average Bonchev–Trinajstić information content (AvgIpc) is 2.44. The van der Waals surface area contributed by atoms with Crippen molar-refractivity contribution in [2.45, 2.75) is 13.1 Å². The number of nitrogens with zero attached hydrogens (tertiary/aromatic N) is 1. The Hall–Kier alpha value is -1.42. The molecule has 0 aliphatic heterocycles. The van der Waals surface area contributed by atoms with Crippen LogP contribution in [0.15, 0.2) is 48.5 Å². The molecule has 2 rings (SSSR count). The molecule has 0 radical (unpaired) electrons. The third kappa shape index (κ3) is 4.04. The summed E-state index contributed by atoms with van der Waals surface area (Å²) in [5, 5.41) is 0.458.